The standard InChI is InChI=1S/C26H19Cl2N3O3/c27-19-8-10-24(23(28)12-19)33-16-21-9-11-25(34-21)26(32)30-20-13-29-31(15-20)14-18-6-3-5-17-4-1-2-7-22(17)18/h1-13,15H,14,16H2,(H,30,32). The number of ether oxygens (including phenoxy) is 1. The normalized spacial score (nSPS) is 11.0. The maximum Gasteiger partial charge on any atom is 0.291 e. The second-order valence-electron chi connectivity index (χ2n) is 7.65. The zero-order valence-corrected chi connectivity index (χ0v) is 19.4. The number of fused-ring (bicyclic) bond motifs is 1. The minimum absolute atomic E-state index is 0.123. The van der Waals surface area contributed by atoms with Crippen molar-refractivity contribution >= 4 is 45.6 Å². The zero-order valence-electron chi connectivity index (χ0n) is 17.9. The lowest BCUT2D eigenvalue weighted by Crippen LogP contribution is -2.10. The van der Waals surface area contributed by atoms with E-state index in [9.17, 15) is 4.79 Å². The van der Waals surface area contributed by atoms with Crippen molar-refractivity contribution in [2.24, 2.45) is 0 Å². The molecule has 0 spiro atoms. The number of anilines is 1. The van der Waals surface area contributed by atoms with Crippen LogP contribution in [-0.4, -0.2) is 15.7 Å². The van der Waals surface area contributed by atoms with Crippen molar-refractivity contribution in [2.45, 2.75) is 13.2 Å². The van der Waals surface area contributed by atoms with Gasteiger partial charge in [0, 0.05) is 11.2 Å². The summed E-state index contributed by atoms with van der Waals surface area (Å²) >= 11 is 12.0. The summed E-state index contributed by atoms with van der Waals surface area (Å²) in [5.41, 5.74) is 1.72. The summed E-state index contributed by atoms with van der Waals surface area (Å²) in [6, 6.07) is 22.6. The average molecular weight is 492 g/mol. The lowest BCUT2D eigenvalue weighted by molar-refractivity contribution is 0.0992. The van der Waals surface area contributed by atoms with Gasteiger partial charge in [0.1, 0.15) is 18.1 Å². The molecule has 8 heteroatoms. The van der Waals surface area contributed by atoms with Crippen molar-refractivity contribution in [3.63, 3.8) is 0 Å². The van der Waals surface area contributed by atoms with Gasteiger partial charge in [-0.15, -0.1) is 0 Å². The van der Waals surface area contributed by atoms with E-state index < -0.39 is 0 Å². The molecule has 0 unspecified atom stereocenters. The van der Waals surface area contributed by atoms with E-state index in [1.54, 1.807) is 47.4 Å². The van der Waals surface area contributed by atoms with Gasteiger partial charge in [0.2, 0.25) is 0 Å². The van der Waals surface area contributed by atoms with Crippen LogP contribution in [0, 0.1) is 0 Å². The van der Waals surface area contributed by atoms with Crippen LogP contribution in [0.2, 0.25) is 10.0 Å². The van der Waals surface area contributed by atoms with E-state index in [1.165, 1.54) is 10.8 Å². The number of aromatic nitrogens is 2. The Kier molecular flexibility index (Phi) is 6.25. The van der Waals surface area contributed by atoms with Gasteiger partial charge < -0.3 is 14.5 Å². The third kappa shape index (κ3) is 4.93. The van der Waals surface area contributed by atoms with Gasteiger partial charge in [0.25, 0.3) is 5.91 Å². The summed E-state index contributed by atoms with van der Waals surface area (Å²) in [7, 11) is 0. The second kappa shape index (κ2) is 9.63. The van der Waals surface area contributed by atoms with E-state index in [2.05, 4.69) is 34.7 Å². The fourth-order valence-electron chi connectivity index (χ4n) is 3.63. The van der Waals surface area contributed by atoms with Crippen molar-refractivity contribution < 1.29 is 13.9 Å². The third-order valence-corrected chi connectivity index (χ3v) is 5.78. The Hall–Kier alpha value is -3.74. The highest BCUT2D eigenvalue weighted by atomic mass is 35.5. The van der Waals surface area contributed by atoms with Gasteiger partial charge >= 0.3 is 0 Å². The first-order chi connectivity index (χ1) is 16.5. The van der Waals surface area contributed by atoms with Crippen LogP contribution in [0.5, 0.6) is 5.75 Å². The molecule has 0 bridgehead atoms. The van der Waals surface area contributed by atoms with Crippen LogP contribution >= 0.6 is 23.2 Å². The van der Waals surface area contributed by atoms with Crippen LogP contribution in [-0.2, 0) is 13.2 Å². The van der Waals surface area contributed by atoms with Gasteiger partial charge in [-0.1, -0.05) is 65.7 Å². The molecule has 1 amide bonds. The first-order valence-corrected chi connectivity index (χ1v) is 11.3. The quantitative estimate of drug-likeness (QED) is 0.271. The van der Waals surface area contributed by atoms with Crippen molar-refractivity contribution in [3.8, 4) is 5.75 Å². The molecule has 0 saturated carbocycles. The van der Waals surface area contributed by atoms with Crippen LogP contribution in [0.1, 0.15) is 21.9 Å². The Morgan fingerprint density at radius 3 is 2.76 bits per heavy atom. The van der Waals surface area contributed by atoms with Gasteiger partial charge in [-0.25, -0.2) is 0 Å². The summed E-state index contributed by atoms with van der Waals surface area (Å²) in [5.74, 6) is 0.762. The highest BCUT2D eigenvalue weighted by Gasteiger charge is 2.14. The molecular weight excluding hydrogens is 473 g/mol. The summed E-state index contributed by atoms with van der Waals surface area (Å²) in [6.45, 7) is 0.713. The van der Waals surface area contributed by atoms with Crippen LogP contribution in [0.4, 0.5) is 5.69 Å². The Labute approximate surface area is 205 Å². The number of amides is 1. The number of nitrogens with zero attached hydrogens (tertiary/aromatic N) is 2. The number of carbonyl (C=O) groups is 1. The molecule has 170 valence electrons. The van der Waals surface area contributed by atoms with E-state index in [4.69, 9.17) is 32.4 Å². The molecule has 1 N–H and O–H groups in total. The van der Waals surface area contributed by atoms with Gasteiger partial charge in [0.15, 0.2) is 5.76 Å². The molecule has 34 heavy (non-hydrogen) atoms. The molecule has 0 atom stereocenters. The Morgan fingerprint density at radius 1 is 1.03 bits per heavy atom. The molecular formula is C26H19Cl2N3O3. The molecule has 0 radical (unpaired) electrons. The highest BCUT2D eigenvalue weighted by molar-refractivity contribution is 6.35. The Balaban J connectivity index is 1.21. The van der Waals surface area contributed by atoms with E-state index in [0.717, 1.165) is 5.56 Å². The molecule has 3 aromatic carbocycles. The summed E-state index contributed by atoms with van der Waals surface area (Å²) in [6.07, 6.45) is 3.40. The molecule has 0 aliphatic carbocycles. The smallest absolute Gasteiger partial charge is 0.291 e. The first-order valence-electron chi connectivity index (χ1n) is 10.5. The third-order valence-electron chi connectivity index (χ3n) is 5.25. The zero-order chi connectivity index (χ0) is 23.5. The van der Waals surface area contributed by atoms with Gasteiger partial charge in [-0.05, 0) is 46.7 Å². The van der Waals surface area contributed by atoms with E-state index in [1.807, 2.05) is 18.2 Å². The van der Waals surface area contributed by atoms with Crippen LogP contribution in [0.25, 0.3) is 10.8 Å². The average Bonchev–Trinajstić information content (AvgIpc) is 3.48. The predicted octanol–water partition coefficient (Wildman–Crippen LogP) is 6.82. The molecule has 0 aliphatic heterocycles. The molecule has 5 aromatic rings. The largest absolute Gasteiger partial charge is 0.484 e. The lowest BCUT2D eigenvalue weighted by atomic mass is 10.0. The Morgan fingerprint density at radius 2 is 1.88 bits per heavy atom. The number of hydrogen-bond acceptors (Lipinski definition) is 4. The minimum Gasteiger partial charge on any atom is -0.484 e. The SMILES string of the molecule is O=C(Nc1cnn(Cc2cccc3ccccc23)c1)c1ccc(COc2ccc(Cl)cc2Cl)o1. The number of hydrogen-bond donors (Lipinski definition) is 1. The molecule has 0 saturated heterocycles. The monoisotopic (exact) mass is 491 g/mol. The Bertz CT molecular complexity index is 1470. The number of halogens is 2. The molecule has 0 aliphatic rings. The number of furan rings is 1. The maximum atomic E-state index is 12.6. The molecule has 6 nitrogen and oxygen atoms in total. The molecule has 2 heterocycles. The minimum atomic E-state index is -0.375. The van der Waals surface area contributed by atoms with E-state index in [-0.39, 0.29) is 18.3 Å². The molecule has 5 rings (SSSR count). The van der Waals surface area contributed by atoms with Gasteiger partial charge in [-0.2, -0.15) is 5.10 Å². The number of nitrogens with one attached hydrogen (secondary N) is 1. The summed E-state index contributed by atoms with van der Waals surface area (Å²) in [5, 5.41) is 10.5. The van der Waals surface area contributed by atoms with Crippen molar-refractivity contribution in [2.75, 3.05) is 5.32 Å². The van der Waals surface area contributed by atoms with E-state index in [0.29, 0.717) is 33.8 Å². The van der Waals surface area contributed by atoms with Gasteiger partial charge in [-0.3, -0.25) is 9.48 Å². The fraction of sp³-hybridized carbons (Fsp3) is 0.0769. The van der Waals surface area contributed by atoms with E-state index >= 15 is 0 Å². The van der Waals surface area contributed by atoms with Crippen LogP contribution < -0.4 is 10.1 Å². The summed E-state index contributed by atoms with van der Waals surface area (Å²) < 4.78 is 13.1. The van der Waals surface area contributed by atoms with Crippen molar-refractivity contribution in [3.05, 3.63) is 112 Å². The lowest BCUT2D eigenvalue weighted by Gasteiger charge is -2.07. The fourth-order valence-corrected chi connectivity index (χ4v) is 4.09. The highest BCUT2D eigenvalue weighted by Crippen LogP contribution is 2.28. The molecule has 2 aromatic heterocycles. The number of carbonyl (C=O) groups excluding carboxylic acids is 1. The van der Waals surface area contributed by atoms with Gasteiger partial charge in [0.05, 0.1) is 23.5 Å². The number of rotatable bonds is 7. The first kappa shape index (κ1) is 22.1. The second-order valence-corrected chi connectivity index (χ2v) is 8.49. The predicted molar refractivity (Wildman–Crippen MR) is 133 cm³/mol. The van der Waals surface area contributed by atoms with Crippen molar-refractivity contribution in [1.82, 2.24) is 9.78 Å². The molecule has 0 fully saturated rings. The van der Waals surface area contributed by atoms with Crippen LogP contribution in [0.3, 0.4) is 0 Å². The van der Waals surface area contributed by atoms with Crippen molar-refractivity contribution in [1.29, 1.82) is 0 Å². The maximum absolute atomic E-state index is 12.6. The summed E-state index contributed by atoms with van der Waals surface area (Å²) in [4.78, 5) is 12.6. The number of benzene rings is 3. The van der Waals surface area contributed by atoms with Crippen LogP contribution in [0.15, 0.2) is 89.6 Å². The topological polar surface area (TPSA) is 69.3 Å².